The molecule has 39 heavy (non-hydrogen) atoms. The van der Waals surface area contributed by atoms with E-state index in [1.807, 2.05) is 6.92 Å². The van der Waals surface area contributed by atoms with Gasteiger partial charge >= 0.3 is 6.18 Å². The maximum absolute atomic E-state index is 13.6. The second-order valence-corrected chi connectivity index (χ2v) is 10.2. The number of hydrogen-bond donors (Lipinski definition) is 1. The second-order valence-electron chi connectivity index (χ2n) is 9.26. The number of thiazole rings is 1. The average Bonchev–Trinajstić information content (AvgIpc) is 3.21. The number of amides is 2. The number of aromatic nitrogens is 1. The van der Waals surface area contributed by atoms with Crippen LogP contribution in [0.4, 0.5) is 13.2 Å². The van der Waals surface area contributed by atoms with Crippen LogP contribution in [-0.2, 0) is 23.9 Å². The molecule has 2 heterocycles. The zero-order valence-electron chi connectivity index (χ0n) is 21.7. The summed E-state index contributed by atoms with van der Waals surface area (Å²) in [6.07, 6.45) is -1.84. The van der Waals surface area contributed by atoms with Gasteiger partial charge in [-0.05, 0) is 68.1 Å². The predicted octanol–water partition coefficient (Wildman–Crippen LogP) is 5.41. The lowest BCUT2D eigenvalue weighted by Crippen LogP contribution is -2.48. The van der Waals surface area contributed by atoms with E-state index in [-0.39, 0.29) is 18.0 Å². The number of alkyl halides is 3. The number of rotatable bonds is 9. The number of halogens is 3. The Hall–Kier alpha value is -3.60. The van der Waals surface area contributed by atoms with Crippen molar-refractivity contribution in [2.75, 3.05) is 20.3 Å². The van der Waals surface area contributed by atoms with Crippen molar-refractivity contribution in [1.29, 1.82) is 0 Å². The molecule has 0 saturated carbocycles. The molecular formula is C28H30F3N3O4S. The Morgan fingerprint density at radius 3 is 2.59 bits per heavy atom. The molecule has 1 atom stereocenters. The molecule has 1 N–H and O–H groups in total. The van der Waals surface area contributed by atoms with E-state index in [0.29, 0.717) is 43.1 Å². The number of benzene rings is 2. The fourth-order valence-corrected chi connectivity index (χ4v) is 5.22. The lowest BCUT2D eigenvalue weighted by Gasteiger charge is -2.30. The topological polar surface area (TPSA) is 80.8 Å². The summed E-state index contributed by atoms with van der Waals surface area (Å²) in [7, 11) is 1.52. The van der Waals surface area contributed by atoms with Crippen LogP contribution in [0.3, 0.4) is 0 Å². The minimum absolute atomic E-state index is 0.0641. The normalized spacial score (nSPS) is 15.8. The molecular weight excluding hydrogens is 531 g/mol. The summed E-state index contributed by atoms with van der Waals surface area (Å²) in [6, 6.07) is 8.58. The third kappa shape index (κ3) is 7.08. The summed E-state index contributed by atoms with van der Waals surface area (Å²) in [5, 5.41) is 2.84. The van der Waals surface area contributed by atoms with Gasteiger partial charge < -0.3 is 19.7 Å². The highest BCUT2D eigenvalue weighted by atomic mass is 32.1. The molecule has 0 bridgehead atoms. The molecule has 4 rings (SSSR count). The van der Waals surface area contributed by atoms with E-state index >= 15 is 0 Å². The fraction of sp³-hybridized carbons (Fsp3) is 0.393. The van der Waals surface area contributed by atoms with Gasteiger partial charge in [-0.3, -0.25) is 9.59 Å². The van der Waals surface area contributed by atoms with E-state index in [1.54, 1.807) is 35.0 Å². The first kappa shape index (κ1) is 28.4. The number of ether oxygens (including phenoxy) is 2. The van der Waals surface area contributed by atoms with Crippen LogP contribution in [0.5, 0.6) is 11.5 Å². The van der Waals surface area contributed by atoms with Crippen molar-refractivity contribution >= 4 is 23.2 Å². The maximum Gasteiger partial charge on any atom is 0.416 e. The Bertz CT molecular complexity index is 1290. The Labute approximate surface area is 229 Å². The van der Waals surface area contributed by atoms with Crippen molar-refractivity contribution in [3.8, 4) is 11.5 Å². The summed E-state index contributed by atoms with van der Waals surface area (Å²) >= 11 is 1.57. The van der Waals surface area contributed by atoms with Gasteiger partial charge in [0.1, 0.15) is 6.04 Å². The van der Waals surface area contributed by atoms with Crippen molar-refractivity contribution < 1.29 is 32.2 Å². The summed E-state index contributed by atoms with van der Waals surface area (Å²) in [5.41, 5.74) is 2.70. The van der Waals surface area contributed by atoms with Gasteiger partial charge in [-0.2, -0.15) is 13.2 Å². The monoisotopic (exact) mass is 561 g/mol. The molecule has 1 aliphatic rings. The number of carbonyl (C=O) groups is 2. The molecule has 1 fully saturated rings. The van der Waals surface area contributed by atoms with Crippen LogP contribution in [0.2, 0.25) is 0 Å². The zero-order valence-corrected chi connectivity index (χ0v) is 22.5. The average molecular weight is 562 g/mol. The summed E-state index contributed by atoms with van der Waals surface area (Å²) in [5.74, 6) is 0.208. The smallest absolute Gasteiger partial charge is 0.416 e. The van der Waals surface area contributed by atoms with E-state index in [4.69, 9.17) is 9.47 Å². The lowest BCUT2D eigenvalue weighted by molar-refractivity contribution is -0.137. The van der Waals surface area contributed by atoms with Gasteiger partial charge in [-0.1, -0.05) is 6.07 Å². The Morgan fingerprint density at radius 2 is 1.92 bits per heavy atom. The quantitative estimate of drug-likeness (QED) is 0.378. The number of methoxy groups -OCH3 is 1. The molecule has 7 nitrogen and oxygen atoms in total. The van der Waals surface area contributed by atoms with Crippen LogP contribution in [-0.4, -0.2) is 48.0 Å². The van der Waals surface area contributed by atoms with Gasteiger partial charge in [0.05, 0.1) is 30.5 Å². The zero-order chi connectivity index (χ0) is 28.0. The third-order valence-electron chi connectivity index (χ3n) is 6.61. The fourth-order valence-electron chi connectivity index (χ4n) is 4.46. The van der Waals surface area contributed by atoms with Crippen molar-refractivity contribution in [2.24, 2.45) is 0 Å². The van der Waals surface area contributed by atoms with Gasteiger partial charge in [-0.15, -0.1) is 11.3 Å². The molecule has 0 spiro atoms. The van der Waals surface area contributed by atoms with Crippen LogP contribution >= 0.6 is 11.3 Å². The van der Waals surface area contributed by atoms with Crippen molar-refractivity contribution in [2.45, 2.75) is 51.4 Å². The molecule has 0 aliphatic carbocycles. The minimum atomic E-state index is -4.51. The van der Waals surface area contributed by atoms with Gasteiger partial charge in [0.15, 0.2) is 11.5 Å². The minimum Gasteiger partial charge on any atom is -0.493 e. The van der Waals surface area contributed by atoms with E-state index in [0.717, 1.165) is 47.7 Å². The standard InChI is InChI=1S/C28H30F3N3O4S/c1-18-25(39-17-33-18)12-14-38-23-11-6-19(15-24(23)37-2)16-34(22-5-3-4-13-32-26(22)35)27(36)20-7-9-21(10-8-20)28(29,30)31/h6-11,15,17,22H,3-5,12-14,16H2,1-2H3,(H,32,35)/t22-/m0/s1. The molecule has 1 aromatic heterocycles. The SMILES string of the molecule is COc1cc(CN(C(=O)c2ccc(C(F)(F)F)cc2)[C@H]2CCCCNC2=O)ccc1OCCc1scnc1C. The van der Waals surface area contributed by atoms with Crippen molar-refractivity contribution in [3.05, 3.63) is 75.2 Å². The first-order chi connectivity index (χ1) is 18.7. The van der Waals surface area contributed by atoms with Crippen LogP contribution < -0.4 is 14.8 Å². The molecule has 3 aromatic rings. The molecule has 1 saturated heterocycles. The molecule has 0 radical (unpaired) electrons. The lowest BCUT2D eigenvalue weighted by atomic mass is 10.0. The largest absolute Gasteiger partial charge is 0.493 e. The van der Waals surface area contributed by atoms with Crippen molar-refractivity contribution in [3.63, 3.8) is 0 Å². The van der Waals surface area contributed by atoms with Crippen LogP contribution in [0.1, 0.15) is 51.3 Å². The molecule has 0 unspecified atom stereocenters. The number of aryl methyl sites for hydroxylation is 1. The highest BCUT2D eigenvalue weighted by Crippen LogP contribution is 2.31. The van der Waals surface area contributed by atoms with Gasteiger partial charge in [-0.25, -0.2) is 4.98 Å². The van der Waals surface area contributed by atoms with Crippen LogP contribution in [0.25, 0.3) is 0 Å². The molecule has 208 valence electrons. The Morgan fingerprint density at radius 1 is 1.15 bits per heavy atom. The summed E-state index contributed by atoms with van der Waals surface area (Å²) < 4.78 is 50.6. The molecule has 11 heteroatoms. The van der Waals surface area contributed by atoms with E-state index in [1.165, 1.54) is 12.0 Å². The highest BCUT2D eigenvalue weighted by molar-refractivity contribution is 7.09. The number of nitrogens with zero attached hydrogens (tertiary/aromatic N) is 2. The van der Waals surface area contributed by atoms with E-state index < -0.39 is 23.7 Å². The van der Waals surface area contributed by atoms with Gasteiger partial charge in [0.2, 0.25) is 5.91 Å². The van der Waals surface area contributed by atoms with Gasteiger partial charge in [0.25, 0.3) is 5.91 Å². The third-order valence-corrected chi connectivity index (χ3v) is 7.61. The van der Waals surface area contributed by atoms with E-state index in [2.05, 4.69) is 10.3 Å². The summed E-state index contributed by atoms with van der Waals surface area (Å²) in [4.78, 5) is 33.3. The summed E-state index contributed by atoms with van der Waals surface area (Å²) in [6.45, 7) is 2.96. The highest BCUT2D eigenvalue weighted by Gasteiger charge is 2.33. The van der Waals surface area contributed by atoms with Crippen LogP contribution in [0, 0.1) is 6.92 Å². The second kappa shape index (κ2) is 12.5. The molecule has 2 amide bonds. The predicted molar refractivity (Wildman–Crippen MR) is 141 cm³/mol. The Balaban J connectivity index is 1.55. The van der Waals surface area contributed by atoms with E-state index in [9.17, 15) is 22.8 Å². The molecule has 1 aliphatic heterocycles. The molecule has 2 aromatic carbocycles. The number of hydrogen-bond acceptors (Lipinski definition) is 6. The van der Waals surface area contributed by atoms with Gasteiger partial charge in [0, 0.05) is 30.0 Å². The maximum atomic E-state index is 13.6. The van der Waals surface area contributed by atoms with Crippen molar-refractivity contribution in [1.82, 2.24) is 15.2 Å². The first-order valence-electron chi connectivity index (χ1n) is 12.6. The Kier molecular flexibility index (Phi) is 9.11. The number of nitrogens with one attached hydrogen (secondary N) is 1. The number of carbonyl (C=O) groups excluding carboxylic acids is 2. The first-order valence-corrected chi connectivity index (χ1v) is 13.5. The van der Waals surface area contributed by atoms with Crippen LogP contribution in [0.15, 0.2) is 48.0 Å².